The van der Waals surface area contributed by atoms with Crippen LogP contribution >= 0.6 is 0 Å². The Morgan fingerprint density at radius 1 is 1.50 bits per heavy atom. The number of aryl methyl sites for hydroxylation is 1. The maximum absolute atomic E-state index is 9.53. The van der Waals surface area contributed by atoms with Crippen LogP contribution in [0.1, 0.15) is 18.5 Å². The van der Waals surface area contributed by atoms with Gasteiger partial charge in [-0.1, -0.05) is 0 Å². The number of aromatic nitrogens is 2. The van der Waals surface area contributed by atoms with Gasteiger partial charge in [0.25, 0.3) is 0 Å². The third-order valence-electron chi connectivity index (χ3n) is 2.51. The Kier molecular flexibility index (Phi) is 2.63. The van der Waals surface area contributed by atoms with Gasteiger partial charge in [0.1, 0.15) is 12.1 Å². The number of aliphatic hydroxyl groups excluding tert-OH is 1. The van der Waals surface area contributed by atoms with E-state index in [0.29, 0.717) is 6.54 Å². The molecule has 0 saturated carbocycles. The van der Waals surface area contributed by atoms with Crippen molar-refractivity contribution in [3.63, 3.8) is 0 Å². The summed E-state index contributed by atoms with van der Waals surface area (Å²) in [6.45, 7) is 3.62. The highest BCUT2D eigenvalue weighted by molar-refractivity contribution is 5.39. The average Bonchev–Trinajstić information content (AvgIpc) is 2.18. The minimum Gasteiger partial charge on any atom is -0.391 e. The minimum absolute atomic E-state index is 0.209. The summed E-state index contributed by atoms with van der Waals surface area (Å²) in [6, 6.07) is 1.96. The van der Waals surface area contributed by atoms with Gasteiger partial charge in [-0.25, -0.2) is 9.97 Å². The number of nitrogens with zero attached hydrogens (tertiary/aromatic N) is 3. The lowest BCUT2D eigenvalue weighted by atomic mass is 10.1. The van der Waals surface area contributed by atoms with Crippen molar-refractivity contribution < 1.29 is 5.11 Å². The molecule has 1 aliphatic heterocycles. The van der Waals surface area contributed by atoms with Gasteiger partial charge in [0.05, 0.1) is 6.10 Å². The maximum atomic E-state index is 9.53. The van der Waals surface area contributed by atoms with Crippen LogP contribution in [-0.4, -0.2) is 34.3 Å². The second-order valence-electron chi connectivity index (χ2n) is 3.76. The van der Waals surface area contributed by atoms with Crippen molar-refractivity contribution in [1.82, 2.24) is 9.97 Å². The molecule has 0 radical (unpaired) electrons. The number of anilines is 1. The molecule has 1 atom stereocenters. The first-order valence-electron chi connectivity index (χ1n) is 4.97. The summed E-state index contributed by atoms with van der Waals surface area (Å²) < 4.78 is 0. The topological polar surface area (TPSA) is 49.2 Å². The predicted molar refractivity (Wildman–Crippen MR) is 54.2 cm³/mol. The molecule has 2 rings (SSSR count). The van der Waals surface area contributed by atoms with Crippen LogP contribution in [0.2, 0.25) is 0 Å². The van der Waals surface area contributed by atoms with Crippen LogP contribution < -0.4 is 4.90 Å². The molecule has 4 heteroatoms. The number of β-amino-alcohol motifs (C(OH)–C–C–N with tert-alkyl or cyclic N) is 1. The van der Waals surface area contributed by atoms with Gasteiger partial charge in [-0.05, 0) is 19.8 Å². The molecule has 2 heterocycles. The molecule has 1 unspecified atom stereocenters. The van der Waals surface area contributed by atoms with Crippen molar-refractivity contribution in [2.24, 2.45) is 0 Å². The van der Waals surface area contributed by atoms with E-state index >= 15 is 0 Å². The van der Waals surface area contributed by atoms with Crippen LogP contribution in [0.4, 0.5) is 5.82 Å². The fraction of sp³-hybridized carbons (Fsp3) is 0.600. The van der Waals surface area contributed by atoms with Gasteiger partial charge in [0, 0.05) is 24.8 Å². The van der Waals surface area contributed by atoms with E-state index in [-0.39, 0.29) is 6.10 Å². The van der Waals surface area contributed by atoms with Crippen LogP contribution in [0, 0.1) is 6.92 Å². The van der Waals surface area contributed by atoms with Crippen molar-refractivity contribution in [1.29, 1.82) is 0 Å². The van der Waals surface area contributed by atoms with Crippen LogP contribution in [0.5, 0.6) is 0 Å². The Labute approximate surface area is 83.6 Å². The van der Waals surface area contributed by atoms with Crippen LogP contribution in [0.15, 0.2) is 12.4 Å². The summed E-state index contributed by atoms with van der Waals surface area (Å²) >= 11 is 0. The Morgan fingerprint density at radius 3 is 3.07 bits per heavy atom. The number of piperidine rings is 1. The fourth-order valence-electron chi connectivity index (χ4n) is 1.78. The number of hydrogen-bond donors (Lipinski definition) is 1. The van der Waals surface area contributed by atoms with E-state index in [1.807, 2.05) is 13.0 Å². The van der Waals surface area contributed by atoms with Crippen molar-refractivity contribution in [3.05, 3.63) is 18.1 Å². The van der Waals surface area contributed by atoms with Gasteiger partial charge in [-0.2, -0.15) is 0 Å². The van der Waals surface area contributed by atoms with E-state index in [2.05, 4.69) is 14.9 Å². The average molecular weight is 193 g/mol. The second kappa shape index (κ2) is 3.92. The first-order chi connectivity index (χ1) is 6.75. The molecule has 0 bridgehead atoms. The summed E-state index contributed by atoms with van der Waals surface area (Å²) in [4.78, 5) is 10.4. The molecule has 1 aromatic heterocycles. The molecule has 1 aromatic rings. The summed E-state index contributed by atoms with van der Waals surface area (Å²) in [7, 11) is 0. The summed E-state index contributed by atoms with van der Waals surface area (Å²) in [5, 5.41) is 9.53. The zero-order valence-electron chi connectivity index (χ0n) is 8.35. The van der Waals surface area contributed by atoms with Crippen molar-refractivity contribution in [3.8, 4) is 0 Å². The summed E-state index contributed by atoms with van der Waals surface area (Å²) in [5.74, 6) is 0.927. The van der Waals surface area contributed by atoms with Gasteiger partial charge < -0.3 is 10.0 Å². The lowest BCUT2D eigenvalue weighted by molar-refractivity contribution is 0.154. The molecular formula is C10H15N3O. The van der Waals surface area contributed by atoms with E-state index in [1.54, 1.807) is 6.33 Å². The van der Waals surface area contributed by atoms with Gasteiger partial charge in [0.2, 0.25) is 0 Å². The van der Waals surface area contributed by atoms with E-state index in [9.17, 15) is 5.11 Å². The molecule has 0 spiro atoms. The lowest BCUT2D eigenvalue weighted by Crippen LogP contribution is -2.38. The second-order valence-corrected chi connectivity index (χ2v) is 3.76. The highest BCUT2D eigenvalue weighted by Crippen LogP contribution is 2.17. The zero-order chi connectivity index (χ0) is 9.97. The van der Waals surface area contributed by atoms with Crippen molar-refractivity contribution in [2.75, 3.05) is 18.0 Å². The molecule has 4 nitrogen and oxygen atoms in total. The molecule has 1 aliphatic rings. The molecule has 76 valence electrons. The molecule has 0 aliphatic carbocycles. The smallest absolute Gasteiger partial charge is 0.132 e. The largest absolute Gasteiger partial charge is 0.391 e. The first-order valence-corrected chi connectivity index (χ1v) is 4.97. The summed E-state index contributed by atoms with van der Waals surface area (Å²) in [6.07, 6.45) is 3.30. The van der Waals surface area contributed by atoms with Crippen LogP contribution in [0.3, 0.4) is 0 Å². The first kappa shape index (κ1) is 9.40. The number of aliphatic hydroxyl groups is 1. The minimum atomic E-state index is -0.209. The standard InChI is InChI=1S/C10H15N3O/c1-8-5-10(12-7-11-8)13-4-2-3-9(14)6-13/h5,7,9,14H,2-4,6H2,1H3. The quantitative estimate of drug-likeness (QED) is 0.715. The van der Waals surface area contributed by atoms with E-state index in [4.69, 9.17) is 0 Å². The molecular weight excluding hydrogens is 178 g/mol. The fourth-order valence-corrected chi connectivity index (χ4v) is 1.78. The van der Waals surface area contributed by atoms with Crippen LogP contribution in [-0.2, 0) is 0 Å². The van der Waals surface area contributed by atoms with E-state index in [0.717, 1.165) is 30.9 Å². The molecule has 0 amide bonds. The predicted octanol–water partition coefficient (Wildman–Crippen LogP) is 0.746. The highest BCUT2D eigenvalue weighted by Gasteiger charge is 2.18. The third-order valence-corrected chi connectivity index (χ3v) is 2.51. The summed E-state index contributed by atoms with van der Waals surface area (Å²) in [5.41, 5.74) is 0.968. The Bertz CT molecular complexity index is 316. The molecule has 0 aromatic carbocycles. The Balaban J connectivity index is 2.14. The van der Waals surface area contributed by atoms with E-state index in [1.165, 1.54) is 0 Å². The molecule has 1 N–H and O–H groups in total. The molecule has 14 heavy (non-hydrogen) atoms. The van der Waals surface area contributed by atoms with Crippen LogP contribution in [0.25, 0.3) is 0 Å². The zero-order valence-corrected chi connectivity index (χ0v) is 8.35. The van der Waals surface area contributed by atoms with E-state index < -0.39 is 0 Å². The number of hydrogen-bond acceptors (Lipinski definition) is 4. The lowest BCUT2D eigenvalue weighted by Gasteiger charge is -2.30. The SMILES string of the molecule is Cc1cc(N2CCCC(O)C2)ncn1. The van der Waals surface area contributed by atoms with Gasteiger partial charge in [0.15, 0.2) is 0 Å². The van der Waals surface area contributed by atoms with Gasteiger partial charge in [-0.3, -0.25) is 0 Å². The molecule has 1 fully saturated rings. The van der Waals surface area contributed by atoms with Crippen molar-refractivity contribution >= 4 is 5.82 Å². The third kappa shape index (κ3) is 2.01. The van der Waals surface area contributed by atoms with Gasteiger partial charge in [-0.15, -0.1) is 0 Å². The highest BCUT2D eigenvalue weighted by atomic mass is 16.3. The monoisotopic (exact) mass is 193 g/mol. The van der Waals surface area contributed by atoms with Gasteiger partial charge >= 0.3 is 0 Å². The normalized spacial score (nSPS) is 22.4. The Morgan fingerprint density at radius 2 is 2.36 bits per heavy atom. The van der Waals surface area contributed by atoms with Crippen molar-refractivity contribution in [2.45, 2.75) is 25.9 Å². The Hall–Kier alpha value is -1.16. The maximum Gasteiger partial charge on any atom is 0.132 e. The number of rotatable bonds is 1. The molecule has 1 saturated heterocycles.